The quantitative estimate of drug-likeness (QED) is 0.366. The molecule has 0 aliphatic carbocycles. The maximum absolute atomic E-state index is 5.18. The summed E-state index contributed by atoms with van der Waals surface area (Å²) in [5, 5.41) is 6.73. The van der Waals surface area contributed by atoms with Gasteiger partial charge in [0.1, 0.15) is 5.75 Å². The number of para-hydroxylation sites is 2. The van der Waals surface area contributed by atoms with Crippen LogP contribution in [0.3, 0.4) is 0 Å². The zero-order chi connectivity index (χ0) is 18.9. The van der Waals surface area contributed by atoms with Crippen LogP contribution in [0.1, 0.15) is 12.0 Å². The number of aliphatic imine (C=N–C) groups is 1. The third kappa shape index (κ3) is 5.23. The largest absolute Gasteiger partial charge is 0.497 e. The second-order valence-electron chi connectivity index (χ2n) is 6.30. The Morgan fingerprint density at radius 1 is 1.07 bits per heavy atom. The Morgan fingerprint density at radius 2 is 1.85 bits per heavy atom. The number of ether oxygens (including phenoxy) is 1. The summed E-state index contributed by atoms with van der Waals surface area (Å²) in [6, 6.07) is 16.4. The lowest BCUT2D eigenvalue weighted by Crippen LogP contribution is -2.38. The van der Waals surface area contributed by atoms with Crippen LogP contribution in [-0.2, 0) is 13.0 Å². The van der Waals surface area contributed by atoms with Crippen LogP contribution in [-0.4, -0.2) is 42.8 Å². The standard InChI is InChI=1S/C21H27N5O/c1-22-21(24-14-12-17-8-10-18(27-2)11-9-17)23-13-5-15-26-16-25-19-6-3-4-7-20(19)26/h3-4,6-11,16H,5,12-15H2,1-2H3,(H2,22,23,24). The summed E-state index contributed by atoms with van der Waals surface area (Å²) in [6.07, 6.45) is 3.85. The van der Waals surface area contributed by atoms with Gasteiger partial charge in [-0.1, -0.05) is 24.3 Å². The van der Waals surface area contributed by atoms with Crippen molar-refractivity contribution in [2.45, 2.75) is 19.4 Å². The zero-order valence-electron chi connectivity index (χ0n) is 16.0. The highest BCUT2D eigenvalue weighted by molar-refractivity contribution is 5.79. The number of rotatable bonds is 8. The maximum atomic E-state index is 5.18. The molecule has 0 saturated carbocycles. The van der Waals surface area contributed by atoms with Gasteiger partial charge in [-0.2, -0.15) is 0 Å². The van der Waals surface area contributed by atoms with Crippen molar-refractivity contribution in [1.29, 1.82) is 0 Å². The SMILES string of the molecule is CN=C(NCCCn1cnc2ccccc21)NCCc1ccc(OC)cc1. The minimum atomic E-state index is 0.832. The van der Waals surface area contributed by atoms with Crippen molar-refractivity contribution >= 4 is 17.0 Å². The molecule has 0 spiro atoms. The van der Waals surface area contributed by atoms with Gasteiger partial charge in [0.05, 0.1) is 24.5 Å². The van der Waals surface area contributed by atoms with Gasteiger partial charge in [-0.15, -0.1) is 0 Å². The van der Waals surface area contributed by atoms with Gasteiger partial charge in [0.2, 0.25) is 0 Å². The highest BCUT2D eigenvalue weighted by atomic mass is 16.5. The number of hydrogen-bond donors (Lipinski definition) is 2. The Balaban J connectivity index is 1.37. The molecule has 0 aliphatic heterocycles. The molecule has 0 fully saturated rings. The van der Waals surface area contributed by atoms with Crippen LogP contribution in [0.25, 0.3) is 11.0 Å². The Bertz CT molecular complexity index is 870. The Kier molecular flexibility index (Phi) is 6.68. The second kappa shape index (κ2) is 9.62. The van der Waals surface area contributed by atoms with E-state index in [1.807, 2.05) is 36.7 Å². The number of fused-ring (bicyclic) bond motifs is 1. The number of aryl methyl sites for hydroxylation is 1. The number of nitrogens with zero attached hydrogens (tertiary/aromatic N) is 3. The van der Waals surface area contributed by atoms with E-state index in [2.05, 4.69) is 43.4 Å². The predicted molar refractivity (Wildman–Crippen MR) is 110 cm³/mol. The lowest BCUT2D eigenvalue weighted by atomic mass is 10.1. The van der Waals surface area contributed by atoms with Crippen molar-refractivity contribution < 1.29 is 4.74 Å². The van der Waals surface area contributed by atoms with Crippen molar-refractivity contribution in [3.8, 4) is 5.75 Å². The van der Waals surface area contributed by atoms with Gasteiger partial charge in [-0.25, -0.2) is 4.98 Å². The number of aromatic nitrogens is 2. The topological polar surface area (TPSA) is 63.5 Å². The first-order valence-corrected chi connectivity index (χ1v) is 9.27. The van der Waals surface area contributed by atoms with E-state index in [4.69, 9.17) is 4.74 Å². The van der Waals surface area contributed by atoms with Crippen LogP contribution in [0.4, 0.5) is 0 Å². The minimum Gasteiger partial charge on any atom is -0.497 e. The van der Waals surface area contributed by atoms with E-state index in [1.54, 1.807) is 14.2 Å². The molecule has 6 heteroatoms. The van der Waals surface area contributed by atoms with Gasteiger partial charge >= 0.3 is 0 Å². The van der Waals surface area contributed by atoms with Crippen molar-refractivity contribution in [2.75, 3.05) is 27.2 Å². The summed E-state index contributed by atoms with van der Waals surface area (Å²) in [4.78, 5) is 8.71. The van der Waals surface area contributed by atoms with Crippen LogP contribution < -0.4 is 15.4 Å². The molecule has 1 heterocycles. The van der Waals surface area contributed by atoms with Gasteiger partial charge in [0.15, 0.2) is 5.96 Å². The molecule has 0 unspecified atom stereocenters. The van der Waals surface area contributed by atoms with Crippen LogP contribution in [0, 0.1) is 0 Å². The van der Waals surface area contributed by atoms with E-state index in [0.717, 1.165) is 49.7 Å². The summed E-state index contributed by atoms with van der Waals surface area (Å²) < 4.78 is 7.38. The van der Waals surface area contributed by atoms with Gasteiger partial charge in [-0.05, 0) is 42.7 Å². The Morgan fingerprint density at radius 3 is 2.63 bits per heavy atom. The normalized spacial score (nSPS) is 11.6. The van der Waals surface area contributed by atoms with E-state index < -0.39 is 0 Å². The van der Waals surface area contributed by atoms with Gasteiger partial charge in [-0.3, -0.25) is 4.99 Å². The van der Waals surface area contributed by atoms with Crippen LogP contribution in [0.15, 0.2) is 59.9 Å². The molecule has 3 rings (SSSR count). The van der Waals surface area contributed by atoms with Crippen molar-refractivity contribution in [3.63, 3.8) is 0 Å². The highest BCUT2D eigenvalue weighted by Crippen LogP contribution is 2.12. The van der Waals surface area contributed by atoms with E-state index in [0.29, 0.717) is 0 Å². The number of benzene rings is 2. The summed E-state index contributed by atoms with van der Waals surface area (Å²) in [5.41, 5.74) is 3.49. The highest BCUT2D eigenvalue weighted by Gasteiger charge is 2.02. The fraction of sp³-hybridized carbons (Fsp3) is 0.333. The number of imidazole rings is 1. The molecule has 0 atom stereocenters. The lowest BCUT2D eigenvalue weighted by molar-refractivity contribution is 0.414. The maximum Gasteiger partial charge on any atom is 0.190 e. The first-order chi connectivity index (χ1) is 13.3. The molecule has 0 saturated heterocycles. The summed E-state index contributed by atoms with van der Waals surface area (Å²) >= 11 is 0. The predicted octanol–water partition coefficient (Wildman–Crippen LogP) is 2.84. The first kappa shape index (κ1) is 18.8. The number of nitrogens with one attached hydrogen (secondary N) is 2. The molecule has 0 radical (unpaired) electrons. The van der Waals surface area contributed by atoms with Crippen LogP contribution >= 0.6 is 0 Å². The molecule has 1 aromatic heterocycles. The van der Waals surface area contributed by atoms with Crippen LogP contribution in [0.5, 0.6) is 5.75 Å². The van der Waals surface area contributed by atoms with Gasteiger partial charge < -0.3 is 19.9 Å². The molecule has 142 valence electrons. The van der Waals surface area contributed by atoms with Crippen LogP contribution in [0.2, 0.25) is 0 Å². The molecule has 0 amide bonds. The fourth-order valence-electron chi connectivity index (χ4n) is 2.98. The first-order valence-electron chi connectivity index (χ1n) is 9.27. The molecular formula is C21H27N5O. The molecule has 0 aliphatic rings. The van der Waals surface area contributed by atoms with Crippen molar-refractivity contribution in [2.24, 2.45) is 4.99 Å². The van der Waals surface area contributed by atoms with Gasteiger partial charge in [0, 0.05) is 26.7 Å². The summed E-state index contributed by atoms with van der Waals surface area (Å²) in [6.45, 7) is 2.61. The summed E-state index contributed by atoms with van der Waals surface area (Å²) in [7, 11) is 3.48. The Labute approximate surface area is 160 Å². The molecule has 2 N–H and O–H groups in total. The van der Waals surface area contributed by atoms with E-state index in [1.165, 1.54) is 11.1 Å². The second-order valence-corrected chi connectivity index (χ2v) is 6.30. The fourth-order valence-corrected chi connectivity index (χ4v) is 2.98. The van der Waals surface area contributed by atoms with Crippen molar-refractivity contribution in [1.82, 2.24) is 20.2 Å². The molecule has 27 heavy (non-hydrogen) atoms. The zero-order valence-corrected chi connectivity index (χ0v) is 16.0. The summed E-state index contributed by atoms with van der Waals surface area (Å²) in [5.74, 6) is 1.72. The molecule has 0 bridgehead atoms. The third-order valence-corrected chi connectivity index (χ3v) is 4.48. The minimum absolute atomic E-state index is 0.832. The molecular weight excluding hydrogens is 338 g/mol. The third-order valence-electron chi connectivity index (χ3n) is 4.48. The number of guanidine groups is 1. The molecule has 2 aromatic carbocycles. The van der Waals surface area contributed by atoms with E-state index >= 15 is 0 Å². The van der Waals surface area contributed by atoms with E-state index in [-0.39, 0.29) is 0 Å². The number of hydrogen-bond acceptors (Lipinski definition) is 3. The van der Waals surface area contributed by atoms with E-state index in [9.17, 15) is 0 Å². The number of methoxy groups -OCH3 is 1. The smallest absolute Gasteiger partial charge is 0.190 e. The lowest BCUT2D eigenvalue weighted by Gasteiger charge is -2.12. The van der Waals surface area contributed by atoms with Gasteiger partial charge in [0.25, 0.3) is 0 Å². The average molecular weight is 365 g/mol. The Hall–Kier alpha value is -3.02. The molecule has 3 aromatic rings. The average Bonchev–Trinajstić information content (AvgIpc) is 3.13. The monoisotopic (exact) mass is 365 g/mol. The molecule has 6 nitrogen and oxygen atoms in total. The van der Waals surface area contributed by atoms with Crippen molar-refractivity contribution in [3.05, 3.63) is 60.4 Å².